The average molecular weight is 393 g/mol. The molecule has 7 heteroatoms. The van der Waals surface area contributed by atoms with Crippen molar-refractivity contribution in [3.05, 3.63) is 44.2 Å². The molecule has 1 fully saturated rings. The molecule has 1 saturated carbocycles. The Bertz CT molecular complexity index is 925. The van der Waals surface area contributed by atoms with Crippen molar-refractivity contribution in [2.75, 3.05) is 7.11 Å². The molecule has 1 aliphatic rings. The van der Waals surface area contributed by atoms with Gasteiger partial charge in [0.1, 0.15) is 5.75 Å². The second-order valence-electron chi connectivity index (χ2n) is 6.52. The lowest BCUT2D eigenvalue weighted by Gasteiger charge is -2.26. The first-order valence-corrected chi connectivity index (χ1v) is 9.74. The highest BCUT2D eigenvalue weighted by molar-refractivity contribution is 7.11. The van der Waals surface area contributed by atoms with E-state index in [1.807, 2.05) is 11.5 Å². The molecule has 1 aliphatic carbocycles. The van der Waals surface area contributed by atoms with Crippen LogP contribution in [0.2, 0.25) is 5.02 Å². The van der Waals surface area contributed by atoms with E-state index >= 15 is 0 Å². The van der Waals surface area contributed by atoms with Gasteiger partial charge in [-0.3, -0.25) is 9.59 Å². The van der Waals surface area contributed by atoms with E-state index in [1.165, 1.54) is 44.6 Å². The minimum atomic E-state index is -0.428. The molecule has 3 rings (SSSR count). The molecule has 0 bridgehead atoms. The molecule has 0 aliphatic heterocycles. The number of halogens is 1. The third kappa shape index (κ3) is 3.76. The van der Waals surface area contributed by atoms with E-state index in [2.05, 4.69) is 4.99 Å². The summed E-state index contributed by atoms with van der Waals surface area (Å²) in [5.74, 6) is 0.568. The molecule has 138 valence electrons. The molecule has 2 aromatic rings. The number of thiazole rings is 1. The Balaban J connectivity index is 2.06. The van der Waals surface area contributed by atoms with Crippen LogP contribution in [0.15, 0.2) is 23.2 Å². The molecular formula is C19H21ClN2O3S. The summed E-state index contributed by atoms with van der Waals surface area (Å²) in [6, 6.07) is 4.86. The summed E-state index contributed by atoms with van der Waals surface area (Å²) in [6.45, 7) is 4.24. The summed E-state index contributed by atoms with van der Waals surface area (Å²) in [4.78, 5) is 30.2. The average Bonchev–Trinajstić information content (AvgIpc) is 2.87. The number of carbonyl (C=O) groups excluding carboxylic acids is 2. The number of hydrogen-bond acceptors (Lipinski definition) is 4. The molecule has 0 atom stereocenters. The Morgan fingerprint density at radius 2 is 2.12 bits per heavy atom. The van der Waals surface area contributed by atoms with Gasteiger partial charge in [-0.05, 0) is 43.9 Å². The monoisotopic (exact) mass is 392 g/mol. The highest BCUT2D eigenvalue weighted by Gasteiger charge is 2.22. The first kappa shape index (κ1) is 18.9. The van der Waals surface area contributed by atoms with Gasteiger partial charge in [0.05, 0.1) is 17.6 Å². The predicted octanol–water partition coefficient (Wildman–Crippen LogP) is 4.26. The lowest BCUT2D eigenvalue weighted by atomic mass is 9.85. The van der Waals surface area contributed by atoms with Gasteiger partial charge in [-0.25, -0.2) is 0 Å². The fourth-order valence-corrected chi connectivity index (χ4v) is 4.25. The van der Waals surface area contributed by atoms with E-state index < -0.39 is 5.91 Å². The molecule has 1 aromatic carbocycles. The van der Waals surface area contributed by atoms with Crippen LogP contribution in [0.4, 0.5) is 0 Å². The van der Waals surface area contributed by atoms with Crippen LogP contribution in [-0.2, 0) is 6.54 Å². The standard InChI is InChI=1S/C19H21ClN2O3S/c1-11-17(12(2)23)26-19(22(11)10-13-5-4-6-13)21-18(24)15-9-14(20)7-8-16(15)25-3/h7-9,13H,4-6,10H2,1-3H3/b21-19-. The maximum absolute atomic E-state index is 12.8. The molecular weight excluding hydrogens is 372 g/mol. The number of amides is 1. The number of ether oxygens (including phenoxy) is 1. The normalized spacial score (nSPS) is 15.0. The number of carbonyl (C=O) groups is 2. The molecule has 5 nitrogen and oxygen atoms in total. The lowest BCUT2D eigenvalue weighted by molar-refractivity contribution is 0.0992. The van der Waals surface area contributed by atoms with Crippen LogP contribution in [0, 0.1) is 12.8 Å². The van der Waals surface area contributed by atoms with Gasteiger partial charge >= 0.3 is 0 Å². The summed E-state index contributed by atoms with van der Waals surface area (Å²) in [7, 11) is 1.50. The number of rotatable bonds is 5. The van der Waals surface area contributed by atoms with Crippen molar-refractivity contribution < 1.29 is 14.3 Å². The maximum atomic E-state index is 12.8. The maximum Gasteiger partial charge on any atom is 0.283 e. The van der Waals surface area contributed by atoms with Crippen molar-refractivity contribution in [2.45, 2.75) is 39.7 Å². The van der Waals surface area contributed by atoms with Crippen LogP contribution in [0.1, 0.15) is 51.9 Å². The zero-order valence-electron chi connectivity index (χ0n) is 15.0. The molecule has 26 heavy (non-hydrogen) atoms. The van der Waals surface area contributed by atoms with Crippen molar-refractivity contribution >= 4 is 34.6 Å². The van der Waals surface area contributed by atoms with Gasteiger partial charge in [0, 0.05) is 24.2 Å². The largest absolute Gasteiger partial charge is 0.496 e. The van der Waals surface area contributed by atoms with Gasteiger partial charge in [0.2, 0.25) is 0 Å². The third-order valence-corrected chi connectivity index (χ3v) is 6.25. The molecule has 1 aromatic heterocycles. The molecule has 0 radical (unpaired) electrons. The van der Waals surface area contributed by atoms with E-state index in [4.69, 9.17) is 16.3 Å². The molecule has 0 N–H and O–H groups in total. The SMILES string of the molecule is COc1ccc(Cl)cc1C(=O)/N=c1\sc(C(C)=O)c(C)n1CC1CCC1. The quantitative estimate of drug-likeness (QED) is 0.714. The summed E-state index contributed by atoms with van der Waals surface area (Å²) in [6.07, 6.45) is 3.58. The van der Waals surface area contributed by atoms with Crippen LogP contribution in [0.5, 0.6) is 5.75 Å². The Labute approximate surface area is 161 Å². The second kappa shape index (κ2) is 7.76. The van der Waals surface area contributed by atoms with Crippen molar-refractivity contribution in [2.24, 2.45) is 10.9 Å². The molecule has 0 unspecified atom stereocenters. The first-order chi connectivity index (χ1) is 12.4. The Morgan fingerprint density at radius 1 is 1.38 bits per heavy atom. The van der Waals surface area contributed by atoms with Crippen LogP contribution in [0.25, 0.3) is 0 Å². The van der Waals surface area contributed by atoms with Gasteiger partial charge in [-0.2, -0.15) is 4.99 Å². The summed E-state index contributed by atoms with van der Waals surface area (Å²) in [5, 5.41) is 0.443. The van der Waals surface area contributed by atoms with Crippen LogP contribution in [-0.4, -0.2) is 23.4 Å². The predicted molar refractivity (Wildman–Crippen MR) is 102 cm³/mol. The van der Waals surface area contributed by atoms with Crippen molar-refractivity contribution in [3.8, 4) is 5.75 Å². The Morgan fingerprint density at radius 3 is 2.69 bits per heavy atom. The van der Waals surface area contributed by atoms with Gasteiger partial charge < -0.3 is 9.30 Å². The number of hydrogen-bond donors (Lipinski definition) is 0. The number of benzene rings is 1. The van der Waals surface area contributed by atoms with Crippen LogP contribution in [0.3, 0.4) is 0 Å². The van der Waals surface area contributed by atoms with Gasteiger partial charge in [-0.15, -0.1) is 0 Å². The van der Waals surface area contributed by atoms with E-state index in [9.17, 15) is 9.59 Å². The third-order valence-electron chi connectivity index (χ3n) is 4.73. The first-order valence-electron chi connectivity index (χ1n) is 8.54. The summed E-state index contributed by atoms with van der Waals surface area (Å²) < 4.78 is 7.25. The van der Waals surface area contributed by atoms with Crippen molar-refractivity contribution in [1.29, 1.82) is 0 Å². The highest BCUT2D eigenvalue weighted by Crippen LogP contribution is 2.29. The second-order valence-corrected chi connectivity index (χ2v) is 7.94. The number of methoxy groups -OCH3 is 1. The number of nitrogens with zero attached hydrogens (tertiary/aromatic N) is 2. The Kier molecular flexibility index (Phi) is 5.63. The van der Waals surface area contributed by atoms with Gasteiger partial charge in [0.25, 0.3) is 5.91 Å². The fourth-order valence-electron chi connectivity index (χ4n) is 3.04. The smallest absolute Gasteiger partial charge is 0.283 e. The topological polar surface area (TPSA) is 60.7 Å². The number of Topliss-reactive ketones (excluding diaryl/α,β-unsaturated/α-hetero) is 1. The van der Waals surface area contributed by atoms with Crippen molar-refractivity contribution in [1.82, 2.24) is 4.57 Å². The molecule has 1 amide bonds. The van der Waals surface area contributed by atoms with E-state index in [-0.39, 0.29) is 5.78 Å². The number of ketones is 1. The van der Waals surface area contributed by atoms with E-state index in [1.54, 1.807) is 18.2 Å². The van der Waals surface area contributed by atoms with Crippen LogP contribution < -0.4 is 9.54 Å². The number of aromatic nitrogens is 1. The summed E-state index contributed by atoms with van der Waals surface area (Å²) in [5.41, 5.74) is 1.18. The Hall–Kier alpha value is -1.92. The fraction of sp³-hybridized carbons (Fsp3) is 0.421. The lowest BCUT2D eigenvalue weighted by Crippen LogP contribution is -2.26. The van der Waals surface area contributed by atoms with E-state index in [0.29, 0.717) is 31.9 Å². The molecule has 1 heterocycles. The molecule has 0 saturated heterocycles. The van der Waals surface area contributed by atoms with Crippen molar-refractivity contribution in [3.63, 3.8) is 0 Å². The minimum Gasteiger partial charge on any atom is -0.496 e. The minimum absolute atomic E-state index is 0.0101. The highest BCUT2D eigenvalue weighted by atomic mass is 35.5. The molecule has 0 spiro atoms. The van der Waals surface area contributed by atoms with Gasteiger partial charge in [0.15, 0.2) is 10.6 Å². The summed E-state index contributed by atoms with van der Waals surface area (Å²) >= 11 is 7.29. The van der Waals surface area contributed by atoms with Crippen LogP contribution >= 0.6 is 22.9 Å². The van der Waals surface area contributed by atoms with E-state index in [0.717, 1.165) is 12.2 Å². The zero-order chi connectivity index (χ0) is 18.8. The zero-order valence-corrected chi connectivity index (χ0v) is 16.6. The van der Waals surface area contributed by atoms with Gasteiger partial charge in [-0.1, -0.05) is 29.4 Å².